The molecule has 0 aliphatic rings. The van der Waals surface area contributed by atoms with Crippen LogP contribution in [0.25, 0.3) is 0 Å². The predicted octanol–water partition coefficient (Wildman–Crippen LogP) is -1.07. The molecule has 0 radical (unpaired) electrons. The van der Waals surface area contributed by atoms with Crippen molar-refractivity contribution in [3.8, 4) is 0 Å². The lowest BCUT2D eigenvalue weighted by atomic mass is 10.9. The number of hydrogen-bond donors (Lipinski definition) is 5. The number of alkyl halides is 3. The Hall–Kier alpha value is -1.85. The molecule has 88 valence electrons. The van der Waals surface area contributed by atoms with E-state index in [2.05, 4.69) is 15.8 Å². The molecule has 0 unspecified atom stereocenters. The average Bonchev–Trinajstić information content (AvgIpc) is 1.76. The zero-order chi connectivity index (χ0) is 12.6. The van der Waals surface area contributed by atoms with Crippen LogP contribution in [0, 0.1) is 10.8 Å². The van der Waals surface area contributed by atoms with Gasteiger partial charge in [0.1, 0.15) is 0 Å². The molecule has 0 saturated heterocycles. The molecule has 0 atom stereocenters. The molecule has 0 heterocycles. The molecular weight excluding hydrogens is 241 g/mol. The van der Waals surface area contributed by atoms with Gasteiger partial charge in [-0.2, -0.15) is 21.6 Å². The standard InChI is InChI=1S/C2H4F3N3.CH3N3O2S/c3-2(4,5)8-1(6)7;2-1(3)4-7(5)6/h(H4,6,7,8);(H3,2,3). The maximum atomic E-state index is 11.0. The van der Waals surface area contributed by atoms with Gasteiger partial charge in [-0.15, -0.1) is 0 Å². The summed E-state index contributed by atoms with van der Waals surface area (Å²) in [7, 11) is -2.57. The SMILES string of the molecule is N=C(N)N=S(=O)=O.N=C(N)NC(F)(F)F. The van der Waals surface area contributed by atoms with E-state index >= 15 is 0 Å². The predicted molar refractivity (Wildman–Crippen MR) is 44.4 cm³/mol. The lowest BCUT2D eigenvalue weighted by molar-refractivity contribution is -0.142. The monoisotopic (exact) mass is 248 g/mol. The van der Waals surface area contributed by atoms with Crippen molar-refractivity contribution in [3.63, 3.8) is 0 Å². The van der Waals surface area contributed by atoms with Crippen LogP contribution >= 0.6 is 0 Å². The van der Waals surface area contributed by atoms with Crippen molar-refractivity contribution in [2.75, 3.05) is 0 Å². The van der Waals surface area contributed by atoms with Gasteiger partial charge in [0.25, 0.3) is 0 Å². The molecule has 8 nitrogen and oxygen atoms in total. The third-order valence-electron chi connectivity index (χ3n) is 0.449. The first-order valence-corrected chi connectivity index (χ1v) is 3.92. The molecule has 0 aromatic carbocycles. The Morgan fingerprint density at radius 2 is 1.67 bits per heavy atom. The summed E-state index contributed by atoms with van der Waals surface area (Å²) in [6.45, 7) is 0. The van der Waals surface area contributed by atoms with Crippen LogP contribution in [-0.2, 0) is 10.5 Å². The largest absolute Gasteiger partial charge is 0.484 e. The van der Waals surface area contributed by atoms with Gasteiger partial charge in [-0.05, 0) is 0 Å². The maximum Gasteiger partial charge on any atom is 0.484 e. The molecule has 0 spiro atoms. The Morgan fingerprint density at radius 1 is 1.27 bits per heavy atom. The Kier molecular flexibility index (Phi) is 6.85. The van der Waals surface area contributed by atoms with Crippen molar-refractivity contribution in [1.29, 1.82) is 10.8 Å². The maximum absolute atomic E-state index is 11.0. The zero-order valence-electron chi connectivity index (χ0n) is 6.96. The molecule has 0 aromatic heterocycles. The second kappa shape index (κ2) is 6.58. The van der Waals surface area contributed by atoms with Crippen molar-refractivity contribution in [2.45, 2.75) is 6.30 Å². The third-order valence-corrected chi connectivity index (χ3v) is 0.795. The second-order valence-corrected chi connectivity index (χ2v) is 2.35. The summed E-state index contributed by atoms with van der Waals surface area (Å²) in [5.74, 6) is -1.80. The summed E-state index contributed by atoms with van der Waals surface area (Å²) in [6, 6.07) is 0. The number of nitrogens with zero attached hydrogens (tertiary/aromatic N) is 1. The molecule has 12 heteroatoms. The Morgan fingerprint density at radius 3 is 1.67 bits per heavy atom. The van der Waals surface area contributed by atoms with Crippen LogP contribution in [0.3, 0.4) is 0 Å². The van der Waals surface area contributed by atoms with E-state index < -0.39 is 28.7 Å². The fourth-order valence-electron chi connectivity index (χ4n) is 0.233. The first kappa shape index (κ1) is 15.6. The highest BCUT2D eigenvalue weighted by Gasteiger charge is 2.27. The van der Waals surface area contributed by atoms with Gasteiger partial charge in [0, 0.05) is 0 Å². The van der Waals surface area contributed by atoms with Gasteiger partial charge in [0.2, 0.25) is 5.96 Å². The number of nitrogens with one attached hydrogen (secondary N) is 3. The highest BCUT2D eigenvalue weighted by Crippen LogP contribution is 2.07. The molecule has 0 amide bonds. The molecule has 0 saturated carbocycles. The molecular formula is C3H7F3N6O2S. The van der Waals surface area contributed by atoms with Gasteiger partial charge < -0.3 is 11.5 Å². The normalized spacial score (nSPS) is 9.27. The first-order chi connectivity index (χ1) is 6.54. The van der Waals surface area contributed by atoms with Crippen LogP contribution in [0.4, 0.5) is 13.2 Å². The lowest BCUT2D eigenvalue weighted by Gasteiger charge is -2.05. The van der Waals surface area contributed by atoms with Crippen molar-refractivity contribution in [2.24, 2.45) is 15.8 Å². The van der Waals surface area contributed by atoms with Crippen molar-refractivity contribution in [3.05, 3.63) is 0 Å². The third kappa shape index (κ3) is 24.5. The highest BCUT2D eigenvalue weighted by atomic mass is 32.2. The van der Waals surface area contributed by atoms with Gasteiger partial charge in [0.05, 0.1) is 0 Å². The van der Waals surface area contributed by atoms with Gasteiger partial charge in [-0.1, -0.05) is 4.36 Å². The summed E-state index contributed by atoms with van der Waals surface area (Å²) in [6.07, 6.45) is -4.58. The fraction of sp³-hybridized carbons (Fsp3) is 0.333. The van der Waals surface area contributed by atoms with E-state index in [0.717, 1.165) is 5.32 Å². The molecule has 0 aliphatic heterocycles. The minimum atomic E-state index is -4.58. The Balaban J connectivity index is 0. The quantitative estimate of drug-likeness (QED) is 0.209. The first-order valence-electron chi connectivity index (χ1n) is 2.88. The Bertz CT molecular complexity index is 350. The number of rotatable bonds is 0. The minimum absolute atomic E-state index is 0.701. The van der Waals surface area contributed by atoms with E-state index in [1.165, 1.54) is 0 Å². The molecule has 0 rings (SSSR count). The van der Waals surface area contributed by atoms with E-state index in [0.29, 0.717) is 0 Å². The second-order valence-electron chi connectivity index (χ2n) is 1.73. The molecule has 0 bridgehead atoms. The number of guanidine groups is 2. The average molecular weight is 248 g/mol. The summed E-state index contributed by atoms with van der Waals surface area (Å²) in [5.41, 5.74) is 8.85. The van der Waals surface area contributed by atoms with Gasteiger partial charge in [0.15, 0.2) is 5.96 Å². The van der Waals surface area contributed by atoms with Crippen molar-refractivity contribution in [1.82, 2.24) is 5.32 Å². The van der Waals surface area contributed by atoms with E-state index in [4.69, 9.17) is 10.8 Å². The summed E-state index contributed by atoms with van der Waals surface area (Å²) >= 11 is 0. The number of hydrogen-bond acceptors (Lipinski definition) is 4. The topological polar surface area (TPSA) is 158 Å². The summed E-state index contributed by atoms with van der Waals surface area (Å²) < 4.78 is 54.3. The van der Waals surface area contributed by atoms with Crippen LogP contribution in [0.15, 0.2) is 4.36 Å². The fourth-order valence-corrected chi connectivity index (χ4v) is 0.394. The Labute approximate surface area is 83.2 Å². The summed E-state index contributed by atoms with van der Waals surface area (Å²) in [4.78, 5) is 0. The minimum Gasteiger partial charge on any atom is -0.370 e. The van der Waals surface area contributed by atoms with Crippen LogP contribution in [-0.4, -0.2) is 26.6 Å². The highest BCUT2D eigenvalue weighted by molar-refractivity contribution is 7.62. The van der Waals surface area contributed by atoms with E-state index in [9.17, 15) is 21.6 Å². The van der Waals surface area contributed by atoms with Crippen LogP contribution in [0.1, 0.15) is 0 Å². The van der Waals surface area contributed by atoms with E-state index in [1.807, 2.05) is 0 Å². The van der Waals surface area contributed by atoms with Gasteiger partial charge >= 0.3 is 16.8 Å². The van der Waals surface area contributed by atoms with Crippen LogP contribution in [0.5, 0.6) is 0 Å². The van der Waals surface area contributed by atoms with E-state index in [1.54, 1.807) is 0 Å². The van der Waals surface area contributed by atoms with Crippen LogP contribution < -0.4 is 16.8 Å². The number of halogens is 3. The zero-order valence-corrected chi connectivity index (χ0v) is 7.78. The van der Waals surface area contributed by atoms with Gasteiger partial charge in [-0.3, -0.25) is 16.1 Å². The summed E-state index contributed by atoms with van der Waals surface area (Å²) in [5, 5.41) is 13.1. The molecule has 15 heavy (non-hydrogen) atoms. The molecule has 0 fully saturated rings. The van der Waals surface area contributed by atoms with Crippen LogP contribution in [0.2, 0.25) is 0 Å². The number of nitrogens with two attached hydrogens (primary N) is 2. The van der Waals surface area contributed by atoms with Crippen molar-refractivity contribution >= 4 is 22.4 Å². The smallest absolute Gasteiger partial charge is 0.370 e. The molecule has 7 N–H and O–H groups in total. The molecule has 0 aliphatic carbocycles. The molecule has 0 aromatic rings. The lowest BCUT2D eigenvalue weighted by Crippen LogP contribution is -2.41. The van der Waals surface area contributed by atoms with Crippen molar-refractivity contribution < 1.29 is 21.6 Å². The van der Waals surface area contributed by atoms with E-state index in [-0.39, 0.29) is 0 Å². The van der Waals surface area contributed by atoms with Gasteiger partial charge in [-0.25, -0.2) is 0 Å².